The lowest BCUT2D eigenvalue weighted by Crippen LogP contribution is -2.51. The van der Waals surface area contributed by atoms with E-state index in [9.17, 15) is 30.0 Å². The molecule has 0 radical (unpaired) electrons. The lowest BCUT2D eigenvalue weighted by atomic mass is 9.83. The van der Waals surface area contributed by atoms with Crippen molar-refractivity contribution >= 4 is 11.9 Å². The summed E-state index contributed by atoms with van der Waals surface area (Å²) < 4.78 is 5.14. The highest BCUT2D eigenvalue weighted by Gasteiger charge is 2.46. The van der Waals surface area contributed by atoms with Crippen molar-refractivity contribution in [2.24, 2.45) is 11.8 Å². The number of rotatable bonds is 36. The number of carbonyl (C=O) groups is 2. The van der Waals surface area contributed by atoms with Gasteiger partial charge in [0.25, 0.3) is 0 Å². The molecule has 0 aliphatic heterocycles. The Labute approximate surface area is 302 Å². The summed E-state index contributed by atoms with van der Waals surface area (Å²) in [5.74, 6) is -2.45. The number of hydrogen-bond donors (Lipinski definition) is 4. The van der Waals surface area contributed by atoms with E-state index >= 15 is 0 Å². The van der Waals surface area contributed by atoms with Crippen molar-refractivity contribution in [1.29, 1.82) is 0 Å². The van der Waals surface area contributed by atoms with Gasteiger partial charge < -0.3 is 25.2 Å². The van der Waals surface area contributed by atoms with Crippen LogP contribution in [0, 0.1) is 11.8 Å². The number of aliphatic hydroxyl groups excluding tert-OH is 2. The second-order valence-electron chi connectivity index (χ2n) is 15.4. The third-order valence-electron chi connectivity index (χ3n) is 10.6. The molecule has 0 bridgehead atoms. The summed E-state index contributed by atoms with van der Waals surface area (Å²) in [7, 11) is 0. The lowest BCUT2D eigenvalue weighted by Gasteiger charge is -2.31. The van der Waals surface area contributed by atoms with Gasteiger partial charge in [0, 0.05) is 0 Å². The van der Waals surface area contributed by atoms with Gasteiger partial charge in [-0.15, -0.1) is 0 Å². The number of esters is 2. The van der Waals surface area contributed by atoms with Gasteiger partial charge >= 0.3 is 11.9 Å². The van der Waals surface area contributed by atoms with E-state index in [1.807, 2.05) is 0 Å². The molecule has 0 aromatic heterocycles. The molecule has 4 N–H and O–H groups in total. The van der Waals surface area contributed by atoms with Crippen molar-refractivity contribution in [3.05, 3.63) is 0 Å². The summed E-state index contributed by atoms with van der Waals surface area (Å²) >= 11 is 0. The molecule has 0 amide bonds. The van der Waals surface area contributed by atoms with Crippen molar-refractivity contribution in [2.45, 2.75) is 232 Å². The van der Waals surface area contributed by atoms with E-state index in [4.69, 9.17) is 4.74 Å². The van der Waals surface area contributed by atoms with E-state index in [1.165, 1.54) is 77.0 Å². The van der Waals surface area contributed by atoms with Crippen molar-refractivity contribution in [1.82, 2.24) is 0 Å². The van der Waals surface area contributed by atoms with Gasteiger partial charge in [0.05, 0.1) is 13.2 Å². The SMILES string of the molecule is CCCCCCCCCC(CCCCCCC)CC(O)(CO)C(=O)OC(=O)C(O)(CO)CC(CCCCCCC)CCCCCCCCC. The van der Waals surface area contributed by atoms with Crippen LogP contribution < -0.4 is 0 Å². The predicted molar refractivity (Wildman–Crippen MR) is 203 cm³/mol. The largest absolute Gasteiger partial charge is 0.393 e. The Kier molecular flexibility index (Phi) is 31.0. The van der Waals surface area contributed by atoms with Crippen LogP contribution in [0.5, 0.6) is 0 Å². The summed E-state index contributed by atoms with van der Waals surface area (Å²) in [4.78, 5) is 26.7. The van der Waals surface area contributed by atoms with E-state index in [0.29, 0.717) is 0 Å². The molecule has 0 saturated heterocycles. The van der Waals surface area contributed by atoms with E-state index in [-0.39, 0.29) is 24.7 Å². The van der Waals surface area contributed by atoms with E-state index in [1.54, 1.807) is 0 Å². The normalized spacial score (nSPS) is 15.4. The lowest BCUT2D eigenvalue weighted by molar-refractivity contribution is -0.192. The van der Waals surface area contributed by atoms with Gasteiger partial charge in [-0.25, -0.2) is 9.59 Å². The molecule has 0 spiro atoms. The molecule has 7 nitrogen and oxygen atoms in total. The quantitative estimate of drug-likeness (QED) is 0.0292. The molecule has 0 heterocycles. The minimum atomic E-state index is -2.24. The maximum absolute atomic E-state index is 13.3. The Morgan fingerprint density at radius 1 is 0.429 bits per heavy atom. The van der Waals surface area contributed by atoms with Crippen LogP contribution in [0.15, 0.2) is 0 Å². The van der Waals surface area contributed by atoms with Crippen molar-refractivity contribution in [3.8, 4) is 0 Å². The summed E-state index contributed by atoms with van der Waals surface area (Å²) in [6.45, 7) is 7.06. The summed E-state index contributed by atoms with van der Waals surface area (Å²) in [6, 6.07) is 0. The fourth-order valence-electron chi connectivity index (χ4n) is 7.20. The third-order valence-corrected chi connectivity index (χ3v) is 10.6. The highest BCUT2D eigenvalue weighted by molar-refractivity contribution is 5.94. The first kappa shape index (κ1) is 48.0. The molecule has 0 saturated carbocycles. The van der Waals surface area contributed by atoms with Crippen LogP contribution in [-0.2, 0) is 14.3 Å². The first-order chi connectivity index (χ1) is 23.7. The molecule has 4 unspecified atom stereocenters. The minimum Gasteiger partial charge on any atom is -0.393 e. The van der Waals surface area contributed by atoms with Crippen LogP contribution in [0.25, 0.3) is 0 Å². The number of unbranched alkanes of at least 4 members (excludes halogenated alkanes) is 20. The molecule has 0 aromatic rings. The number of aliphatic hydroxyl groups is 4. The molecule has 49 heavy (non-hydrogen) atoms. The van der Waals surface area contributed by atoms with Gasteiger partial charge in [-0.05, 0) is 24.7 Å². The predicted octanol–water partition coefficient (Wildman–Crippen LogP) is 10.5. The topological polar surface area (TPSA) is 124 Å². The van der Waals surface area contributed by atoms with E-state index in [2.05, 4.69) is 27.7 Å². The Bertz CT molecular complexity index is 712. The number of carbonyl (C=O) groups excluding carboxylic acids is 2. The molecule has 0 aliphatic rings. The van der Waals surface area contributed by atoms with Crippen molar-refractivity contribution in [2.75, 3.05) is 13.2 Å². The molecule has 4 atom stereocenters. The average molecular weight is 699 g/mol. The first-order valence-electron chi connectivity index (χ1n) is 21.1. The smallest absolute Gasteiger partial charge is 0.348 e. The molecular weight excluding hydrogens is 616 g/mol. The average Bonchev–Trinajstić information content (AvgIpc) is 3.09. The molecule has 0 aromatic carbocycles. The van der Waals surface area contributed by atoms with Crippen LogP contribution in [0.3, 0.4) is 0 Å². The standard InChI is InChI=1S/C42H82O7/c1-5-9-13-17-19-23-27-31-37(29-25-21-15-11-7-3)33-41(47,35-43)39(45)49-40(46)42(48,36-44)34-38(30-26-22-16-12-8-4)32-28-24-20-18-14-10-6-2/h37-38,43-44,47-48H,5-36H2,1-4H3. The van der Waals surface area contributed by atoms with Gasteiger partial charge in [0.2, 0.25) is 0 Å². The monoisotopic (exact) mass is 699 g/mol. The van der Waals surface area contributed by atoms with Crippen LogP contribution >= 0.6 is 0 Å². The zero-order chi connectivity index (χ0) is 36.6. The first-order valence-corrected chi connectivity index (χ1v) is 21.1. The number of hydrogen-bond acceptors (Lipinski definition) is 7. The van der Waals surface area contributed by atoms with Crippen molar-refractivity contribution < 1.29 is 34.8 Å². The molecule has 0 fully saturated rings. The zero-order valence-electron chi connectivity index (χ0n) is 32.8. The number of ether oxygens (including phenoxy) is 1. The Hall–Kier alpha value is -1.02. The summed E-state index contributed by atoms with van der Waals surface area (Å²) in [6.07, 6.45) is 30.9. The molecular formula is C42H82O7. The molecule has 7 heteroatoms. The van der Waals surface area contributed by atoms with Gasteiger partial charge in [0.15, 0.2) is 11.2 Å². The molecule has 0 aliphatic carbocycles. The molecule has 0 rings (SSSR count). The van der Waals surface area contributed by atoms with Gasteiger partial charge in [-0.1, -0.05) is 207 Å². The Morgan fingerprint density at radius 3 is 0.878 bits per heavy atom. The van der Waals surface area contributed by atoms with Crippen LogP contribution in [-0.4, -0.2) is 56.8 Å². The van der Waals surface area contributed by atoms with Gasteiger partial charge in [-0.2, -0.15) is 0 Å². The molecule has 292 valence electrons. The fourth-order valence-corrected chi connectivity index (χ4v) is 7.20. The summed E-state index contributed by atoms with van der Waals surface area (Å²) in [5.41, 5.74) is -4.48. The Balaban J connectivity index is 5.44. The second kappa shape index (κ2) is 31.7. The van der Waals surface area contributed by atoms with Gasteiger partial charge in [0.1, 0.15) is 0 Å². The van der Waals surface area contributed by atoms with E-state index < -0.39 is 36.4 Å². The van der Waals surface area contributed by atoms with Crippen molar-refractivity contribution in [3.63, 3.8) is 0 Å². The fraction of sp³-hybridized carbons (Fsp3) is 0.952. The zero-order valence-corrected chi connectivity index (χ0v) is 32.8. The highest BCUT2D eigenvalue weighted by Crippen LogP contribution is 2.31. The maximum atomic E-state index is 13.3. The van der Waals surface area contributed by atoms with Crippen LogP contribution in [0.4, 0.5) is 0 Å². The van der Waals surface area contributed by atoms with Crippen LogP contribution in [0.1, 0.15) is 220 Å². The second-order valence-corrected chi connectivity index (χ2v) is 15.4. The Morgan fingerprint density at radius 2 is 0.653 bits per heavy atom. The third kappa shape index (κ3) is 24.0. The minimum absolute atomic E-state index is 0.00728. The summed E-state index contributed by atoms with van der Waals surface area (Å²) in [5, 5.41) is 43.2. The highest BCUT2D eigenvalue weighted by atomic mass is 16.6. The van der Waals surface area contributed by atoms with E-state index in [0.717, 1.165) is 103 Å². The van der Waals surface area contributed by atoms with Gasteiger partial charge in [-0.3, -0.25) is 0 Å². The van der Waals surface area contributed by atoms with Crippen LogP contribution in [0.2, 0.25) is 0 Å². The maximum Gasteiger partial charge on any atom is 0.348 e.